The second kappa shape index (κ2) is 43.1. The molecular formula is C91H97Cl4F2N9O8. The van der Waals surface area contributed by atoms with Crippen molar-refractivity contribution in [1.29, 1.82) is 21.0 Å². The second-order valence-electron chi connectivity index (χ2n) is 31.2. The Balaban J connectivity index is 0.000000174. The molecule has 23 heteroatoms. The number of aromatic nitrogens is 5. The van der Waals surface area contributed by atoms with E-state index in [0.29, 0.717) is 143 Å². The third-order valence-corrected chi connectivity index (χ3v) is 22.6. The maximum absolute atomic E-state index is 14.3. The number of nitrogens with zero attached hydrogens (tertiary/aromatic N) is 9. The van der Waals surface area contributed by atoms with E-state index >= 15 is 0 Å². The van der Waals surface area contributed by atoms with Crippen LogP contribution in [0.5, 0.6) is 23.0 Å². The highest BCUT2D eigenvalue weighted by Gasteiger charge is 2.31. The molecule has 0 saturated heterocycles. The lowest BCUT2D eigenvalue weighted by Crippen LogP contribution is -2.25. The van der Waals surface area contributed by atoms with E-state index in [9.17, 15) is 28.0 Å². The third-order valence-electron chi connectivity index (χ3n) is 21.3. The van der Waals surface area contributed by atoms with Crippen molar-refractivity contribution in [3.63, 3.8) is 0 Å². The van der Waals surface area contributed by atoms with Crippen LogP contribution in [0, 0.1) is 80.6 Å². The van der Waals surface area contributed by atoms with Crippen molar-refractivity contribution in [2.45, 2.75) is 232 Å². The molecule has 0 atom stereocenters. The van der Waals surface area contributed by atoms with E-state index in [1.54, 1.807) is 78.9 Å². The van der Waals surface area contributed by atoms with Gasteiger partial charge in [-0.25, -0.2) is 8.78 Å². The monoisotopic (exact) mass is 1620 g/mol. The molecule has 596 valence electrons. The summed E-state index contributed by atoms with van der Waals surface area (Å²) in [5, 5.41) is 45.6. The SMILES string of the molecule is CC(C)c1cc(F)c(C(=O)CC2CCC(Oc3ccc(C#N)c(Cl)c3)CC2)cn1.CC(C)c1ccc(C(=O)CC2CCC(Oc3ccc(C#N)c(Cl)c3)CC2)nc1.CC(C)c1ccc(C(=O)CC2CCC(Oc3ccc(C#N)c(Cl)c3)CC2)nn1.CC(C)c1ncc(C(=O)CC2CCC(Oc3ccc(C#N)c(Cl)c3)CC2)cc1F. The van der Waals surface area contributed by atoms with Crippen molar-refractivity contribution in [1.82, 2.24) is 25.1 Å². The van der Waals surface area contributed by atoms with Gasteiger partial charge in [-0.2, -0.15) is 26.1 Å². The van der Waals surface area contributed by atoms with Crippen molar-refractivity contribution < 1.29 is 46.9 Å². The smallest absolute Gasteiger partial charge is 0.183 e. The lowest BCUT2D eigenvalue weighted by atomic mass is 9.83. The molecule has 0 N–H and O–H groups in total. The van der Waals surface area contributed by atoms with Gasteiger partial charge in [-0.05, 0) is 235 Å². The van der Waals surface area contributed by atoms with Gasteiger partial charge in [0.25, 0.3) is 0 Å². The summed E-state index contributed by atoms with van der Waals surface area (Å²) < 4.78 is 52.4. The zero-order chi connectivity index (χ0) is 82.1. The van der Waals surface area contributed by atoms with Gasteiger partial charge >= 0.3 is 0 Å². The third kappa shape index (κ3) is 26.2. The largest absolute Gasteiger partial charge is 0.490 e. The Labute approximate surface area is 688 Å². The molecule has 4 fully saturated rings. The molecule has 4 aliphatic rings. The quantitative estimate of drug-likeness (QED) is 0.0509. The molecule has 4 aliphatic carbocycles. The number of carbonyl (C=O) groups excluding carboxylic acids is 4. The Kier molecular flexibility index (Phi) is 33.4. The first kappa shape index (κ1) is 88.2. The Bertz CT molecular complexity index is 4650. The van der Waals surface area contributed by atoms with Crippen molar-refractivity contribution in [3.8, 4) is 47.3 Å². The summed E-state index contributed by atoms with van der Waals surface area (Å²) in [4.78, 5) is 62.8. The zero-order valence-corrected chi connectivity index (χ0v) is 68.8. The molecule has 0 amide bonds. The number of ether oxygens (including phenoxy) is 4. The summed E-state index contributed by atoms with van der Waals surface area (Å²) in [5.41, 5.74) is 6.28. The summed E-state index contributed by atoms with van der Waals surface area (Å²) >= 11 is 24.2. The fourth-order valence-electron chi connectivity index (χ4n) is 14.4. The van der Waals surface area contributed by atoms with Gasteiger partial charge in [0.15, 0.2) is 23.1 Å². The van der Waals surface area contributed by atoms with Gasteiger partial charge in [-0.15, -0.1) is 5.10 Å². The van der Waals surface area contributed by atoms with Crippen LogP contribution in [0.15, 0.2) is 128 Å². The van der Waals surface area contributed by atoms with Crippen molar-refractivity contribution in [2.24, 2.45) is 23.7 Å². The normalized spacial score (nSPS) is 19.1. The first-order chi connectivity index (χ1) is 54.6. The number of hydrogen-bond acceptors (Lipinski definition) is 17. The number of carbonyl (C=O) groups is 4. The minimum Gasteiger partial charge on any atom is -0.490 e. The standard InChI is InChI=1S/2C23H24ClFN2O2.C23H25ClN2O2.C22H24ClN3O2/c1-14(2)23-21(25)10-17(13-27-23)22(28)9-15-3-6-18(7-4-15)29-19-8-5-16(12-26)20(24)11-19;1-14(2)22-11-21(25)19(13-27-22)23(28)9-15-3-6-17(7-4-15)29-18-8-5-16(12-26)20(24)10-18;1-15(2)18-6-10-22(26-14-18)23(27)11-16-3-7-19(8-4-16)28-20-9-5-17(13-25)21(24)12-20;1-14(2)20-9-10-21(26-25-20)22(27)11-15-3-6-17(7-4-15)28-18-8-5-16(13-24)19(23)12-18/h5,8,10-11,13-15,18H,3-4,6-7,9H2,1-2H3;5,8,10-11,13-15,17H,3-4,6-7,9H2,1-2H3;5-6,9-10,12,14-16,19H,3-4,7-8,11H2,1-2H3;5,8-10,12,14-15,17H,3-4,6-7,11H2,1-2H3. The molecule has 12 rings (SSSR count). The van der Waals surface area contributed by atoms with E-state index in [4.69, 9.17) is 86.4 Å². The zero-order valence-electron chi connectivity index (χ0n) is 65.8. The van der Waals surface area contributed by atoms with E-state index < -0.39 is 11.6 Å². The molecule has 4 heterocycles. The summed E-state index contributed by atoms with van der Waals surface area (Å²) in [5.74, 6) is 3.75. The minimum atomic E-state index is -0.483. The van der Waals surface area contributed by atoms with E-state index in [1.165, 1.54) is 24.5 Å². The molecule has 0 radical (unpaired) electrons. The number of nitriles is 4. The van der Waals surface area contributed by atoms with Gasteiger partial charge in [0.1, 0.15) is 70.3 Å². The maximum Gasteiger partial charge on any atom is 0.183 e. The average Bonchev–Trinajstić information content (AvgIpc) is 0.854. The number of pyridine rings is 3. The van der Waals surface area contributed by atoms with Crippen molar-refractivity contribution in [3.05, 3.63) is 227 Å². The predicted octanol–water partition coefficient (Wildman–Crippen LogP) is 23.4. The fraction of sp³-hybridized carbons (Fsp3) is 0.440. The number of benzene rings is 4. The van der Waals surface area contributed by atoms with Crippen molar-refractivity contribution >= 4 is 69.5 Å². The van der Waals surface area contributed by atoms with Crippen LogP contribution < -0.4 is 18.9 Å². The molecule has 0 unspecified atom stereocenters. The van der Waals surface area contributed by atoms with E-state index in [0.717, 1.165) is 114 Å². The van der Waals surface area contributed by atoms with E-state index in [-0.39, 0.29) is 76.8 Å². The van der Waals surface area contributed by atoms with Gasteiger partial charge < -0.3 is 18.9 Å². The highest BCUT2D eigenvalue weighted by molar-refractivity contribution is 6.33. The lowest BCUT2D eigenvalue weighted by molar-refractivity contribution is 0.0891. The highest BCUT2D eigenvalue weighted by atomic mass is 35.5. The summed E-state index contributed by atoms with van der Waals surface area (Å²) in [6.45, 7) is 16.0. The van der Waals surface area contributed by atoms with Crippen LogP contribution >= 0.6 is 46.4 Å². The highest BCUT2D eigenvalue weighted by Crippen LogP contribution is 2.38. The Hall–Kier alpha value is -9.73. The van der Waals surface area contributed by atoms with Crippen LogP contribution in [0.3, 0.4) is 0 Å². The van der Waals surface area contributed by atoms with Crippen LogP contribution in [0.1, 0.15) is 294 Å². The number of Topliss-reactive ketones (excluding diaryl/α,β-unsaturated/α-hetero) is 4. The summed E-state index contributed by atoms with van der Waals surface area (Å²) in [6.07, 6.45) is 21.0. The molecule has 8 aromatic rings. The van der Waals surface area contributed by atoms with Gasteiger partial charge in [-0.3, -0.25) is 34.1 Å². The second-order valence-corrected chi connectivity index (χ2v) is 32.8. The molecule has 4 aromatic heterocycles. The van der Waals surface area contributed by atoms with Crippen LogP contribution in [0.2, 0.25) is 20.1 Å². The minimum absolute atomic E-state index is 0.0135. The van der Waals surface area contributed by atoms with E-state index in [2.05, 4.69) is 52.8 Å². The first-order valence-corrected chi connectivity index (χ1v) is 40.9. The first-order valence-electron chi connectivity index (χ1n) is 39.3. The molecule has 4 saturated carbocycles. The van der Waals surface area contributed by atoms with Gasteiger partial charge in [0.05, 0.1) is 83.7 Å². The Morgan fingerprint density at radius 3 is 1.05 bits per heavy atom. The Morgan fingerprint density at radius 2 is 0.746 bits per heavy atom. The lowest BCUT2D eigenvalue weighted by Gasteiger charge is -2.28. The van der Waals surface area contributed by atoms with Crippen molar-refractivity contribution in [2.75, 3.05) is 0 Å². The molecule has 114 heavy (non-hydrogen) atoms. The van der Waals surface area contributed by atoms with E-state index in [1.807, 2.05) is 76.4 Å². The number of rotatable bonds is 24. The number of hydrogen-bond donors (Lipinski definition) is 0. The summed E-state index contributed by atoms with van der Waals surface area (Å²) in [7, 11) is 0. The fourth-order valence-corrected chi connectivity index (χ4v) is 15.3. The van der Waals surface area contributed by atoms with Crippen LogP contribution in [0.25, 0.3) is 0 Å². The molecule has 4 aromatic carbocycles. The maximum atomic E-state index is 14.3. The predicted molar refractivity (Wildman–Crippen MR) is 437 cm³/mol. The molecule has 0 spiro atoms. The Morgan fingerprint density at radius 1 is 0.377 bits per heavy atom. The van der Waals surface area contributed by atoms with Gasteiger partial charge in [-0.1, -0.05) is 108 Å². The molecule has 0 aliphatic heterocycles. The summed E-state index contributed by atoms with van der Waals surface area (Å²) in [6, 6.07) is 38.8. The van der Waals surface area contributed by atoms with Crippen LogP contribution in [-0.2, 0) is 0 Å². The van der Waals surface area contributed by atoms with Crippen LogP contribution in [0.4, 0.5) is 8.78 Å². The molecular weight excluding hydrogens is 1530 g/mol. The average molecular weight is 1620 g/mol. The number of ketones is 4. The molecule has 17 nitrogen and oxygen atoms in total. The van der Waals surface area contributed by atoms with Crippen LogP contribution in [-0.4, -0.2) is 72.7 Å². The van der Waals surface area contributed by atoms with Gasteiger partial charge in [0, 0.05) is 79.8 Å². The molecule has 0 bridgehead atoms. The topological polar surface area (TPSA) is 265 Å². The van der Waals surface area contributed by atoms with Gasteiger partial charge in [0.2, 0.25) is 0 Å². The number of halogens is 6.